The zero-order valence-electron chi connectivity index (χ0n) is 16.2. The predicted octanol–water partition coefficient (Wildman–Crippen LogP) is 3.10. The Morgan fingerprint density at radius 2 is 1.79 bits per heavy atom. The smallest absolute Gasteiger partial charge is 0.321 e. The maximum absolute atomic E-state index is 13.0. The number of carbonyl (C=O) groups is 2. The molecule has 1 atom stereocenters. The van der Waals surface area contributed by atoms with Gasteiger partial charge in [0.05, 0.1) is 10.9 Å². The summed E-state index contributed by atoms with van der Waals surface area (Å²) in [6.45, 7) is 2.46. The van der Waals surface area contributed by atoms with Crippen LogP contribution in [0.25, 0.3) is 10.9 Å². The van der Waals surface area contributed by atoms with E-state index in [1.165, 1.54) is 7.05 Å². The van der Waals surface area contributed by atoms with Gasteiger partial charge >= 0.3 is 6.03 Å². The molecule has 3 amide bonds. The van der Waals surface area contributed by atoms with Gasteiger partial charge in [-0.3, -0.25) is 19.5 Å². The highest BCUT2D eigenvalue weighted by molar-refractivity contribution is 8.00. The van der Waals surface area contributed by atoms with Crippen LogP contribution in [0.4, 0.5) is 4.79 Å². The summed E-state index contributed by atoms with van der Waals surface area (Å²) >= 11 is 1.16. The number of hydrogen-bond donors (Lipinski definition) is 2. The molecule has 0 radical (unpaired) electrons. The van der Waals surface area contributed by atoms with Gasteiger partial charge in [-0.15, -0.1) is 0 Å². The Morgan fingerprint density at radius 3 is 2.48 bits per heavy atom. The second kappa shape index (κ2) is 9.38. The predicted molar refractivity (Wildman–Crippen MR) is 114 cm³/mol. The zero-order valence-corrected chi connectivity index (χ0v) is 17.0. The van der Waals surface area contributed by atoms with Crippen molar-refractivity contribution in [3.63, 3.8) is 0 Å². The van der Waals surface area contributed by atoms with Gasteiger partial charge in [0.25, 0.3) is 5.56 Å². The standard InChI is InChI=1S/C21H22N4O3S/c1-3-13-25-19(27)15-11-7-8-12-16(15)23-21(25)29-17(14-9-5-4-6-10-14)18(26)24-20(28)22-2/h4-12,17H,3,13H2,1-2H3,(H2,22,24,26,28)/t17-/m0/s1. The summed E-state index contributed by atoms with van der Waals surface area (Å²) in [6, 6.07) is 15.7. The lowest BCUT2D eigenvalue weighted by Gasteiger charge is -2.19. The van der Waals surface area contributed by atoms with Crippen LogP contribution in [0.3, 0.4) is 0 Å². The summed E-state index contributed by atoms with van der Waals surface area (Å²) in [7, 11) is 1.44. The summed E-state index contributed by atoms with van der Waals surface area (Å²) in [4.78, 5) is 42.2. The minimum atomic E-state index is -0.746. The Hall–Kier alpha value is -3.13. The maximum Gasteiger partial charge on any atom is 0.321 e. The molecular weight excluding hydrogens is 388 g/mol. The number of amides is 3. The van der Waals surface area contributed by atoms with Crippen molar-refractivity contribution >= 4 is 34.6 Å². The number of fused-ring (bicyclic) bond motifs is 1. The third-order valence-electron chi connectivity index (χ3n) is 4.30. The molecule has 2 N–H and O–H groups in total. The number of nitrogens with zero attached hydrogens (tertiary/aromatic N) is 2. The Kier molecular flexibility index (Phi) is 6.66. The first-order valence-corrected chi connectivity index (χ1v) is 10.2. The number of carbonyl (C=O) groups excluding carboxylic acids is 2. The number of nitrogens with one attached hydrogen (secondary N) is 2. The van der Waals surface area contributed by atoms with Crippen LogP contribution in [0, 0.1) is 0 Å². The van der Waals surface area contributed by atoms with E-state index in [0.29, 0.717) is 28.2 Å². The summed E-state index contributed by atoms with van der Waals surface area (Å²) in [5.74, 6) is -0.481. The van der Waals surface area contributed by atoms with E-state index in [-0.39, 0.29) is 5.56 Å². The lowest BCUT2D eigenvalue weighted by molar-refractivity contribution is -0.119. The van der Waals surface area contributed by atoms with Crippen LogP contribution < -0.4 is 16.2 Å². The number of imide groups is 1. The van der Waals surface area contributed by atoms with Gasteiger partial charge in [-0.25, -0.2) is 9.78 Å². The first-order chi connectivity index (χ1) is 14.0. The molecule has 3 rings (SSSR count). The van der Waals surface area contributed by atoms with Crippen molar-refractivity contribution in [2.45, 2.75) is 30.3 Å². The van der Waals surface area contributed by atoms with Crippen molar-refractivity contribution in [2.24, 2.45) is 0 Å². The van der Waals surface area contributed by atoms with Crippen molar-refractivity contribution in [2.75, 3.05) is 7.05 Å². The molecule has 2 aromatic carbocycles. The molecule has 0 fully saturated rings. The van der Waals surface area contributed by atoms with Crippen LogP contribution in [0.5, 0.6) is 0 Å². The van der Waals surface area contributed by atoms with E-state index in [2.05, 4.69) is 15.6 Å². The normalized spacial score (nSPS) is 11.8. The average molecular weight is 410 g/mol. The van der Waals surface area contributed by atoms with Gasteiger partial charge in [0.15, 0.2) is 5.16 Å². The summed E-state index contributed by atoms with van der Waals surface area (Å²) in [6.07, 6.45) is 0.744. The molecule has 0 unspecified atom stereocenters. The van der Waals surface area contributed by atoms with E-state index < -0.39 is 17.2 Å². The molecule has 0 aliphatic heterocycles. The fraction of sp³-hybridized carbons (Fsp3) is 0.238. The molecule has 0 saturated carbocycles. The van der Waals surface area contributed by atoms with Crippen LogP contribution in [0.1, 0.15) is 24.2 Å². The fourth-order valence-corrected chi connectivity index (χ4v) is 4.03. The summed E-state index contributed by atoms with van der Waals surface area (Å²) < 4.78 is 1.59. The second-order valence-corrected chi connectivity index (χ2v) is 7.42. The van der Waals surface area contributed by atoms with E-state index >= 15 is 0 Å². The highest BCUT2D eigenvalue weighted by Gasteiger charge is 2.26. The lowest BCUT2D eigenvalue weighted by Crippen LogP contribution is -2.39. The minimum absolute atomic E-state index is 0.140. The molecule has 8 heteroatoms. The highest BCUT2D eigenvalue weighted by Crippen LogP contribution is 2.34. The van der Waals surface area contributed by atoms with Crippen LogP contribution in [-0.2, 0) is 11.3 Å². The number of benzene rings is 2. The van der Waals surface area contributed by atoms with Crippen molar-refractivity contribution in [1.82, 2.24) is 20.2 Å². The third kappa shape index (κ3) is 4.65. The lowest BCUT2D eigenvalue weighted by atomic mass is 10.1. The van der Waals surface area contributed by atoms with Gasteiger partial charge in [-0.1, -0.05) is 61.2 Å². The van der Waals surface area contributed by atoms with Crippen molar-refractivity contribution in [3.05, 3.63) is 70.5 Å². The van der Waals surface area contributed by atoms with Crippen molar-refractivity contribution in [3.8, 4) is 0 Å². The Morgan fingerprint density at radius 1 is 1.10 bits per heavy atom. The Labute approximate surface area is 172 Å². The molecule has 0 aliphatic rings. The number of rotatable bonds is 6. The molecule has 7 nitrogen and oxygen atoms in total. The molecule has 29 heavy (non-hydrogen) atoms. The number of para-hydroxylation sites is 1. The SMILES string of the molecule is CCCn1c(S[C@H](C(=O)NC(=O)NC)c2ccccc2)nc2ccccc2c1=O. The molecule has 0 bridgehead atoms. The molecule has 1 heterocycles. The van der Waals surface area contributed by atoms with Gasteiger partial charge in [-0.05, 0) is 24.1 Å². The zero-order chi connectivity index (χ0) is 20.8. The summed E-state index contributed by atoms with van der Waals surface area (Å²) in [5.41, 5.74) is 1.15. The Bertz CT molecular complexity index is 1080. The topological polar surface area (TPSA) is 93.1 Å². The van der Waals surface area contributed by atoms with E-state index in [4.69, 9.17) is 0 Å². The molecule has 150 valence electrons. The first kappa shape index (κ1) is 20.6. The van der Waals surface area contributed by atoms with Gasteiger partial charge < -0.3 is 5.32 Å². The number of hydrogen-bond acceptors (Lipinski definition) is 5. The largest absolute Gasteiger partial charge is 0.341 e. The monoisotopic (exact) mass is 410 g/mol. The van der Waals surface area contributed by atoms with Gasteiger partial charge in [0, 0.05) is 13.6 Å². The van der Waals surface area contributed by atoms with Crippen LogP contribution >= 0.6 is 11.8 Å². The molecule has 0 spiro atoms. The quantitative estimate of drug-likeness (QED) is 0.481. The van der Waals surface area contributed by atoms with Crippen molar-refractivity contribution in [1.29, 1.82) is 0 Å². The highest BCUT2D eigenvalue weighted by atomic mass is 32.2. The molecule has 0 aliphatic carbocycles. The fourth-order valence-electron chi connectivity index (χ4n) is 2.90. The summed E-state index contributed by atoms with van der Waals surface area (Å²) in [5, 5.41) is 4.94. The molecular formula is C21H22N4O3S. The van der Waals surface area contributed by atoms with E-state index in [1.54, 1.807) is 22.8 Å². The van der Waals surface area contributed by atoms with Gasteiger partial charge in [0.1, 0.15) is 5.25 Å². The van der Waals surface area contributed by atoms with Crippen molar-refractivity contribution < 1.29 is 9.59 Å². The second-order valence-electron chi connectivity index (χ2n) is 6.35. The van der Waals surface area contributed by atoms with E-state index in [0.717, 1.165) is 18.2 Å². The Balaban J connectivity index is 2.08. The van der Waals surface area contributed by atoms with Crippen LogP contribution in [-0.4, -0.2) is 28.5 Å². The number of thioether (sulfide) groups is 1. The molecule has 3 aromatic rings. The average Bonchev–Trinajstić information content (AvgIpc) is 2.75. The number of urea groups is 1. The van der Waals surface area contributed by atoms with Crippen LogP contribution in [0.2, 0.25) is 0 Å². The van der Waals surface area contributed by atoms with Crippen LogP contribution in [0.15, 0.2) is 64.5 Å². The first-order valence-electron chi connectivity index (χ1n) is 9.29. The minimum Gasteiger partial charge on any atom is -0.341 e. The van der Waals surface area contributed by atoms with E-state index in [1.807, 2.05) is 43.3 Å². The van der Waals surface area contributed by atoms with Gasteiger partial charge in [-0.2, -0.15) is 0 Å². The third-order valence-corrected chi connectivity index (χ3v) is 5.55. The molecule has 1 aromatic heterocycles. The van der Waals surface area contributed by atoms with E-state index in [9.17, 15) is 14.4 Å². The van der Waals surface area contributed by atoms with Gasteiger partial charge in [0.2, 0.25) is 5.91 Å². The molecule has 0 saturated heterocycles. The number of aromatic nitrogens is 2. The maximum atomic E-state index is 13.0.